The molecule has 0 fully saturated rings. The van der Waals surface area contributed by atoms with Crippen molar-refractivity contribution in [3.05, 3.63) is 18.2 Å². The standard InChI is InChI=1S/C21H31N3O8/c1-13(11-29-14(2)25)12-30-16-10-15(28-9)22-17(23-16)24(18(26)31-20(3,4)5)19(27)32-21(6,7)8/h10H,1,11-12H2,2-9H3. The molecule has 0 saturated carbocycles. The van der Waals surface area contributed by atoms with E-state index in [9.17, 15) is 14.4 Å². The van der Waals surface area contributed by atoms with E-state index >= 15 is 0 Å². The first-order chi connectivity index (χ1) is 14.6. The molecule has 0 unspecified atom stereocenters. The van der Waals surface area contributed by atoms with Crippen LogP contribution in [0, 0.1) is 0 Å². The van der Waals surface area contributed by atoms with Crippen molar-refractivity contribution in [2.45, 2.75) is 59.7 Å². The molecule has 0 atom stereocenters. The molecule has 0 aliphatic rings. The van der Waals surface area contributed by atoms with E-state index in [1.807, 2.05) is 0 Å². The molecule has 0 radical (unpaired) electrons. The molecule has 1 aromatic heterocycles. The molecule has 0 N–H and O–H groups in total. The van der Waals surface area contributed by atoms with Gasteiger partial charge < -0.3 is 23.7 Å². The third kappa shape index (κ3) is 9.63. The summed E-state index contributed by atoms with van der Waals surface area (Å²) < 4.78 is 26.2. The summed E-state index contributed by atoms with van der Waals surface area (Å²) in [5.74, 6) is -0.823. The topological polar surface area (TPSA) is 126 Å². The van der Waals surface area contributed by atoms with Crippen molar-refractivity contribution in [2.75, 3.05) is 25.2 Å². The summed E-state index contributed by atoms with van der Waals surface area (Å²) in [6, 6.07) is 1.35. The lowest BCUT2D eigenvalue weighted by Crippen LogP contribution is -2.44. The predicted octanol–water partition coefficient (Wildman–Crippen LogP) is 3.66. The Morgan fingerprint density at radius 1 is 0.938 bits per heavy atom. The maximum absolute atomic E-state index is 12.8. The van der Waals surface area contributed by atoms with Gasteiger partial charge in [0, 0.05) is 6.92 Å². The van der Waals surface area contributed by atoms with Gasteiger partial charge in [-0.1, -0.05) is 6.58 Å². The fraction of sp³-hybridized carbons (Fsp3) is 0.571. The molecule has 0 aliphatic heterocycles. The number of esters is 1. The van der Waals surface area contributed by atoms with Gasteiger partial charge >= 0.3 is 18.2 Å². The molecule has 0 spiro atoms. The third-order valence-corrected chi connectivity index (χ3v) is 3.13. The normalized spacial score (nSPS) is 11.2. The summed E-state index contributed by atoms with van der Waals surface area (Å²) in [4.78, 5) is 45.2. The lowest BCUT2D eigenvalue weighted by atomic mass is 10.2. The van der Waals surface area contributed by atoms with E-state index in [-0.39, 0.29) is 30.9 Å². The number of carbonyl (C=O) groups excluding carboxylic acids is 3. The maximum Gasteiger partial charge on any atom is 0.427 e. The van der Waals surface area contributed by atoms with Gasteiger partial charge in [0.15, 0.2) is 0 Å². The van der Waals surface area contributed by atoms with Crippen LogP contribution in [0.2, 0.25) is 0 Å². The number of carbonyl (C=O) groups is 3. The van der Waals surface area contributed by atoms with Crippen LogP contribution in [0.15, 0.2) is 18.2 Å². The van der Waals surface area contributed by atoms with E-state index in [0.717, 1.165) is 0 Å². The first-order valence-electron chi connectivity index (χ1n) is 9.73. The van der Waals surface area contributed by atoms with Gasteiger partial charge in [-0.05, 0) is 47.1 Å². The maximum atomic E-state index is 12.8. The second-order valence-electron chi connectivity index (χ2n) is 8.66. The van der Waals surface area contributed by atoms with Crippen LogP contribution >= 0.6 is 0 Å². The fourth-order valence-corrected chi connectivity index (χ4v) is 1.95. The lowest BCUT2D eigenvalue weighted by molar-refractivity contribution is -0.140. The van der Waals surface area contributed by atoms with Crippen molar-refractivity contribution < 1.29 is 38.1 Å². The van der Waals surface area contributed by atoms with E-state index in [0.29, 0.717) is 10.5 Å². The molecule has 178 valence electrons. The van der Waals surface area contributed by atoms with Crippen LogP contribution in [0.4, 0.5) is 15.5 Å². The van der Waals surface area contributed by atoms with Gasteiger partial charge in [-0.15, -0.1) is 4.90 Å². The van der Waals surface area contributed by atoms with Crippen LogP contribution in [0.1, 0.15) is 48.5 Å². The Balaban J connectivity index is 3.25. The highest BCUT2D eigenvalue weighted by Gasteiger charge is 2.35. The van der Waals surface area contributed by atoms with E-state index in [1.54, 1.807) is 41.5 Å². The number of nitrogens with zero attached hydrogens (tertiary/aromatic N) is 3. The average molecular weight is 453 g/mol. The molecule has 0 saturated heterocycles. The molecule has 0 aromatic carbocycles. The zero-order chi connectivity index (χ0) is 24.7. The molecule has 1 aromatic rings. The molecule has 0 bridgehead atoms. The van der Waals surface area contributed by atoms with Gasteiger partial charge in [-0.2, -0.15) is 9.97 Å². The van der Waals surface area contributed by atoms with Gasteiger partial charge in [0.25, 0.3) is 5.95 Å². The zero-order valence-electron chi connectivity index (χ0n) is 19.8. The Hall–Kier alpha value is -3.37. The summed E-state index contributed by atoms with van der Waals surface area (Å²) in [6.45, 7) is 14.8. The minimum Gasteiger partial charge on any atom is -0.481 e. The highest BCUT2D eigenvalue weighted by Crippen LogP contribution is 2.24. The molecule has 1 rings (SSSR count). The predicted molar refractivity (Wildman–Crippen MR) is 115 cm³/mol. The lowest BCUT2D eigenvalue weighted by Gasteiger charge is -2.27. The Morgan fingerprint density at radius 2 is 1.44 bits per heavy atom. The largest absolute Gasteiger partial charge is 0.481 e. The molecule has 11 heteroatoms. The van der Waals surface area contributed by atoms with Crippen molar-refractivity contribution >= 4 is 24.1 Å². The molecule has 1 heterocycles. The second kappa shape index (κ2) is 10.8. The Kier molecular flexibility index (Phi) is 8.98. The molecule has 2 amide bonds. The summed E-state index contributed by atoms with van der Waals surface area (Å²) in [7, 11) is 1.35. The molecule has 11 nitrogen and oxygen atoms in total. The minimum absolute atomic E-state index is 0.0204. The average Bonchev–Trinajstić information content (AvgIpc) is 2.61. The van der Waals surface area contributed by atoms with Gasteiger partial charge in [0.05, 0.1) is 13.2 Å². The number of hydrogen-bond donors (Lipinski definition) is 0. The van der Waals surface area contributed by atoms with Gasteiger partial charge in [-0.25, -0.2) is 9.59 Å². The van der Waals surface area contributed by atoms with Gasteiger partial charge in [0.2, 0.25) is 11.8 Å². The van der Waals surface area contributed by atoms with Gasteiger partial charge in [0.1, 0.15) is 24.4 Å². The quantitative estimate of drug-likeness (QED) is 0.343. The number of rotatable bonds is 7. The number of aromatic nitrogens is 2. The number of methoxy groups -OCH3 is 1. The number of ether oxygens (including phenoxy) is 5. The zero-order valence-corrected chi connectivity index (χ0v) is 19.8. The van der Waals surface area contributed by atoms with Crippen molar-refractivity contribution in [3.63, 3.8) is 0 Å². The molecular weight excluding hydrogens is 422 g/mol. The molecule has 32 heavy (non-hydrogen) atoms. The van der Waals surface area contributed by atoms with E-state index in [4.69, 9.17) is 23.7 Å². The van der Waals surface area contributed by atoms with Crippen LogP contribution in [0.5, 0.6) is 11.8 Å². The van der Waals surface area contributed by atoms with Crippen molar-refractivity contribution in [2.24, 2.45) is 0 Å². The van der Waals surface area contributed by atoms with Gasteiger partial charge in [-0.3, -0.25) is 4.79 Å². The summed E-state index contributed by atoms with van der Waals surface area (Å²) in [5, 5.41) is 0. The van der Waals surface area contributed by atoms with Crippen LogP contribution in [0.25, 0.3) is 0 Å². The molecular formula is C21H31N3O8. The number of amides is 2. The molecule has 0 aliphatic carbocycles. The summed E-state index contributed by atoms with van der Waals surface area (Å²) >= 11 is 0. The van der Waals surface area contributed by atoms with Crippen molar-refractivity contribution in [1.82, 2.24) is 9.97 Å². The van der Waals surface area contributed by atoms with E-state index < -0.39 is 29.4 Å². The highest BCUT2D eigenvalue weighted by molar-refractivity contribution is 6.08. The van der Waals surface area contributed by atoms with Crippen LogP contribution in [0.3, 0.4) is 0 Å². The first kappa shape index (κ1) is 26.7. The summed E-state index contributed by atoms with van der Waals surface area (Å²) in [6.07, 6.45) is -2.07. The van der Waals surface area contributed by atoms with E-state index in [1.165, 1.54) is 20.1 Å². The second-order valence-corrected chi connectivity index (χ2v) is 8.66. The highest BCUT2D eigenvalue weighted by atomic mass is 16.6. The Bertz CT molecular complexity index is 828. The fourth-order valence-electron chi connectivity index (χ4n) is 1.95. The first-order valence-corrected chi connectivity index (χ1v) is 9.73. The number of hydrogen-bond acceptors (Lipinski definition) is 10. The monoisotopic (exact) mass is 453 g/mol. The van der Waals surface area contributed by atoms with Crippen LogP contribution in [-0.2, 0) is 19.0 Å². The SMILES string of the molecule is C=C(COC(C)=O)COc1cc(OC)nc(N(C(=O)OC(C)(C)C)C(=O)OC(C)(C)C)n1. The number of imide groups is 1. The van der Waals surface area contributed by atoms with E-state index in [2.05, 4.69) is 16.5 Å². The van der Waals surface area contributed by atoms with Crippen LogP contribution in [-0.4, -0.2) is 59.6 Å². The third-order valence-electron chi connectivity index (χ3n) is 3.13. The van der Waals surface area contributed by atoms with Crippen molar-refractivity contribution in [1.29, 1.82) is 0 Å². The summed E-state index contributed by atoms with van der Waals surface area (Å²) in [5.41, 5.74) is -1.34. The smallest absolute Gasteiger partial charge is 0.427 e. The number of anilines is 1. The van der Waals surface area contributed by atoms with Crippen molar-refractivity contribution in [3.8, 4) is 11.8 Å². The Labute approximate surface area is 187 Å². The van der Waals surface area contributed by atoms with Crippen LogP contribution < -0.4 is 14.4 Å². The Morgan fingerprint density at radius 3 is 1.88 bits per heavy atom. The minimum atomic E-state index is -1.04.